The lowest BCUT2D eigenvalue weighted by molar-refractivity contribution is -0.179. The van der Waals surface area contributed by atoms with Gasteiger partial charge in [0.15, 0.2) is 5.78 Å². The zero-order chi connectivity index (χ0) is 27.4. The number of ketones is 2. The number of Topliss-reactive ketones (excluding diaryl/α,β-unsaturated/α-hetero) is 2. The van der Waals surface area contributed by atoms with E-state index in [9.17, 15) is 19.2 Å². The Labute approximate surface area is 205 Å². The quantitative estimate of drug-likeness (QED) is 0.133. The summed E-state index contributed by atoms with van der Waals surface area (Å²) in [6.07, 6.45) is 1.20. The summed E-state index contributed by atoms with van der Waals surface area (Å²) < 4.78 is 19.2. The zero-order valence-electron chi connectivity index (χ0n) is 23.1. The Bertz CT molecular complexity index is 624. The molecule has 0 rings (SSSR count). The van der Waals surface area contributed by atoms with Crippen molar-refractivity contribution in [2.45, 2.75) is 54.4 Å². The summed E-state index contributed by atoms with van der Waals surface area (Å²) in [6, 6.07) is 0. The highest BCUT2D eigenvalue weighted by Gasteiger charge is 2.22. The van der Waals surface area contributed by atoms with Crippen molar-refractivity contribution in [2.24, 2.45) is 11.8 Å². The maximum absolute atomic E-state index is 11.7. The predicted octanol–water partition coefficient (Wildman–Crippen LogP) is 2.51. The minimum atomic E-state index is -0.551. The molecule has 0 aromatic heterocycles. The molecule has 0 saturated heterocycles. The standard InChI is InChI=1S/C11H19NO3.C8H14O3.C5H13NO2/c1-6-15-11(14)9(7-12(4)5)10(13)8(2)3;1-4-11-8(10)5-7(9)6(2)3;1-6(2)5(7-3)8-4/h7-8H,6H2,1-5H3;6H,4-5H2,1-3H3;5H,1-4H3/b9-7-;;. The van der Waals surface area contributed by atoms with Gasteiger partial charge in [0.1, 0.15) is 17.8 Å². The third-order valence-electron chi connectivity index (χ3n) is 3.77. The number of nitrogens with zero attached hydrogens (tertiary/aromatic N) is 2. The molecule has 0 saturated carbocycles. The molecule has 0 atom stereocenters. The fraction of sp³-hybridized carbons (Fsp3) is 0.750. The van der Waals surface area contributed by atoms with Gasteiger partial charge in [0.2, 0.25) is 6.41 Å². The number of rotatable bonds is 12. The highest BCUT2D eigenvalue weighted by atomic mass is 16.7. The van der Waals surface area contributed by atoms with Crippen molar-refractivity contribution in [2.75, 3.05) is 55.6 Å². The van der Waals surface area contributed by atoms with E-state index >= 15 is 0 Å². The maximum Gasteiger partial charge on any atom is 0.343 e. The molecule has 0 aromatic carbocycles. The Hall–Kier alpha value is -2.30. The van der Waals surface area contributed by atoms with E-state index in [2.05, 4.69) is 4.74 Å². The van der Waals surface area contributed by atoms with E-state index in [0.717, 1.165) is 0 Å². The molecule has 0 aliphatic carbocycles. The molecule has 0 heterocycles. The van der Waals surface area contributed by atoms with Gasteiger partial charge in [0, 0.05) is 46.4 Å². The second-order valence-corrected chi connectivity index (χ2v) is 8.09. The van der Waals surface area contributed by atoms with Crippen molar-refractivity contribution in [1.82, 2.24) is 9.80 Å². The van der Waals surface area contributed by atoms with Gasteiger partial charge >= 0.3 is 11.9 Å². The van der Waals surface area contributed by atoms with Crippen LogP contribution in [0.25, 0.3) is 0 Å². The lowest BCUT2D eigenvalue weighted by Crippen LogP contribution is -2.30. The number of methoxy groups -OCH3 is 2. The summed E-state index contributed by atoms with van der Waals surface area (Å²) >= 11 is 0. The first kappa shape index (κ1) is 36.3. The predicted molar refractivity (Wildman–Crippen MR) is 131 cm³/mol. The second kappa shape index (κ2) is 21.2. The third kappa shape index (κ3) is 19.2. The van der Waals surface area contributed by atoms with Gasteiger partial charge in [-0.3, -0.25) is 19.3 Å². The highest BCUT2D eigenvalue weighted by molar-refractivity contribution is 6.17. The summed E-state index contributed by atoms with van der Waals surface area (Å²) in [4.78, 5) is 48.3. The van der Waals surface area contributed by atoms with E-state index in [-0.39, 0.29) is 48.4 Å². The van der Waals surface area contributed by atoms with Crippen molar-refractivity contribution in [3.05, 3.63) is 11.8 Å². The monoisotopic (exact) mass is 490 g/mol. The first-order chi connectivity index (χ1) is 15.7. The molecule has 10 heteroatoms. The lowest BCUT2D eigenvalue weighted by atomic mass is 10.0. The maximum atomic E-state index is 11.7. The van der Waals surface area contributed by atoms with Gasteiger partial charge in [0.25, 0.3) is 0 Å². The first-order valence-corrected chi connectivity index (χ1v) is 11.2. The zero-order valence-corrected chi connectivity index (χ0v) is 23.1. The largest absolute Gasteiger partial charge is 0.466 e. The molecule has 200 valence electrons. The topological polar surface area (TPSA) is 112 Å². The normalized spacial score (nSPS) is 10.9. The minimum Gasteiger partial charge on any atom is -0.466 e. The molecule has 0 amide bonds. The van der Waals surface area contributed by atoms with Gasteiger partial charge < -0.3 is 23.8 Å². The average molecular weight is 491 g/mol. The third-order valence-corrected chi connectivity index (χ3v) is 3.77. The molecule has 0 aromatic rings. The van der Waals surface area contributed by atoms with Gasteiger partial charge in [-0.25, -0.2) is 4.79 Å². The Balaban J connectivity index is -0.000000447. The molecule has 0 aliphatic heterocycles. The van der Waals surface area contributed by atoms with Crippen LogP contribution in [0.3, 0.4) is 0 Å². The summed E-state index contributed by atoms with van der Waals surface area (Å²) in [7, 11) is 10.5. The SMILES string of the molecule is CCOC(=O)/C(=C\N(C)C)C(=O)C(C)C.CCOC(=O)CC(=O)C(C)C.COC(OC)N(C)C. The van der Waals surface area contributed by atoms with E-state index in [0.29, 0.717) is 6.61 Å². The molecule has 0 spiro atoms. The molecular formula is C24H46N2O8. The van der Waals surface area contributed by atoms with Crippen LogP contribution in [-0.4, -0.2) is 95.3 Å². The van der Waals surface area contributed by atoms with E-state index < -0.39 is 11.9 Å². The number of esters is 2. The molecule has 0 radical (unpaired) electrons. The van der Waals surface area contributed by atoms with Gasteiger partial charge in [-0.15, -0.1) is 0 Å². The first-order valence-electron chi connectivity index (χ1n) is 11.2. The molecule has 0 N–H and O–H groups in total. The second-order valence-electron chi connectivity index (χ2n) is 8.09. The van der Waals surface area contributed by atoms with Crippen LogP contribution in [0.15, 0.2) is 11.8 Å². The Morgan fingerprint density at radius 1 is 0.794 bits per heavy atom. The number of hydrogen-bond donors (Lipinski definition) is 0. The van der Waals surface area contributed by atoms with Gasteiger partial charge in [0.05, 0.1) is 13.2 Å². The van der Waals surface area contributed by atoms with Crippen LogP contribution in [0, 0.1) is 11.8 Å². The van der Waals surface area contributed by atoms with Crippen LogP contribution in [0.2, 0.25) is 0 Å². The van der Waals surface area contributed by atoms with Crippen molar-refractivity contribution < 1.29 is 38.1 Å². The summed E-state index contributed by atoms with van der Waals surface area (Å²) in [5.41, 5.74) is 0.108. The number of carbonyl (C=O) groups is 4. The van der Waals surface area contributed by atoms with Gasteiger partial charge in [-0.1, -0.05) is 27.7 Å². The van der Waals surface area contributed by atoms with Crippen molar-refractivity contribution in [3.63, 3.8) is 0 Å². The highest BCUT2D eigenvalue weighted by Crippen LogP contribution is 2.09. The summed E-state index contributed by atoms with van der Waals surface area (Å²) in [6.45, 7) is 11.1. The van der Waals surface area contributed by atoms with Crippen LogP contribution < -0.4 is 0 Å². The Kier molecular flexibility index (Phi) is 22.7. The smallest absolute Gasteiger partial charge is 0.343 e. The number of ether oxygens (including phenoxy) is 4. The van der Waals surface area contributed by atoms with Crippen molar-refractivity contribution in [1.29, 1.82) is 0 Å². The van der Waals surface area contributed by atoms with Crippen LogP contribution in [0.1, 0.15) is 48.0 Å². The molecular weight excluding hydrogens is 444 g/mol. The Morgan fingerprint density at radius 3 is 1.53 bits per heavy atom. The molecule has 34 heavy (non-hydrogen) atoms. The molecule has 10 nitrogen and oxygen atoms in total. The molecule has 0 bridgehead atoms. The van der Waals surface area contributed by atoms with E-state index in [1.165, 1.54) is 6.20 Å². The minimum absolute atomic E-state index is 0.0662. The van der Waals surface area contributed by atoms with Crippen LogP contribution in [0.5, 0.6) is 0 Å². The van der Waals surface area contributed by atoms with E-state index in [1.807, 2.05) is 19.0 Å². The summed E-state index contributed by atoms with van der Waals surface area (Å²) in [5, 5.41) is 0. The number of hydrogen-bond acceptors (Lipinski definition) is 10. The molecule has 0 fully saturated rings. The van der Waals surface area contributed by atoms with E-state index in [1.54, 1.807) is 74.8 Å². The summed E-state index contributed by atoms with van der Waals surface area (Å²) in [5.74, 6) is -1.53. The fourth-order valence-corrected chi connectivity index (χ4v) is 2.07. The molecule has 0 aliphatic rings. The van der Waals surface area contributed by atoms with Gasteiger partial charge in [-0.2, -0.15) is 0 Å². The Morgan fingerprint density at radius 2 is 1.26 bits per heavy atom. The fourth-order valence-electron chi connectivity index (χ4n) is 2.07. The molecule has 0 unspecified atom stereocenters. The van der Waals surface area contributed by atoms with Crippen molar-refractivity contribution in [3.8, 4) is 0 Å². The van der Waals surface area contributed by atoms with E-state index in [4.69, 9.17) is 14.2 Å². The lowest BCUT2D eigenvalue weighted by Gasteiger charge is -2.19. The van der Waals surface area contributed by atoms with Gasteiger partial charge in [-0.05, 0) is 27.9 Å². The van der Waals surface area contributed by atoms with Crippen LogP contribution in [-0.2, 0) is 38.1 Å². The number of carbonyl (C=O) groups excluding carboxylic acids is 4. The van der Waals surface area contributed by atoms with Crippen LogP contribution >= 0.6 is 0 Å². The van der Waals surface area contributed by atoms with Crippen LogP contribution in [0.4, 0.5) is 0 Å². The van der Waals surface area contributed by atoms with Crippen molar-refractivity contribution >= 4 is 23.5 Å². The average Bonchev–Trinajstić information content (AvgIpc) is 2.73.